The van der Waals surface area contributed by atoms with E-state index in [1.165, 1.54) is 18.4 Å². The number of para-hydroxylation sites is 1. The maximum absolute atomic E-state index is 11.8. The predicted octanol–water partition coefficient (Wildman–Crippen LogP) is 2.06. The third-order valence-corrected chi connectivity index (χ3v) is 5.87. The number of thiazole rings is 1. The molecule has 0 fully saturated rings. The summed E-state index contributed by atoms with van der Waals surface area (Å²) in [6, 6.07) is 11.4. The van der Waals surface area contributed by atoms with Crippen molar-refractivity contribution >= 4 is 37.5 Å². The first-order chi connectivity index (χ1) is 11.8. The molecule has 0 atom stereocenters. The maximum atomic E-state index is 11.8. The molecule has 1 amide bonds. The van der Waals surface area contributed by atoms with Crippen molar-refractivity contribution in [3.63, 3.8) is 0 Å². The molecular formula is C16H17N3O4S2. The summed E-state index contributed by atoms with van der Waals surface area (Å²) in [5, 5.41) is 3.41. The third kappa shape index (κ3) is 4.25. The van der Waals surface area contributed by atoms with E-state index in [2.05, 4.69) is 10.3 Å². The second kappa shape index (κ2) is 6.95. The average molecular weight is 379 g/mol. The Morgan fingerprint density at radius 1 is 1.28 bits per heavy atom. The number of aromatic nitrogens is 1. The van der Waals surface area contributed by atoms with Gasteiger partial charge in [0.25, 0.3) is 0 Å². The molecule has 2 heterocycles. The van der Waals surface area contributed by atoms with Crippen LogP contribution >= 0.6 is 11.3 Å². The highest BCUT2D eigenvalue weighted by Crippen LogP contribution is 2.30. The summed E-state index contributed by atoms with van der Waals surface area (Å²) in [6.45, 7) is -0.0500. The smallest absolute Gasteiger partial charge is 0.235 e. The Labute approximate surface area is 149 Å². The quantitative estimate of drug-likeness (QED) is 0.708. The molecule has 7 nitrogen and oxygen atoms in total. The van der Waals surface area contributed by atoms with Gasteiger partial charge in [-0.15, -0.1) is 11.3 Å². The zero-order valence-corrected chi connectivity index (χ0v) is 15.4. The van der Waals surface area contributed by atoms with Crippen molar-refractivity contribution in [1.29, 1.82) is 0 Å². The van der Waals surface area contributed by atoms with Gasteiger partial charge in [-0.1, -0.05) is 12.1 Å². The number of carbonyl (C=O) groups excluding carboxylic acids is 1. The lowest BCUT2D eigenvalue weighted by Crippen LogP contribution is -2.37. The van der Waals surface area contributed by atoms with E-state index in [4.69, 9.17) is 4.42 Å². The summed E-state index contributed by atoms with van der Waals surface area (Å²) < 4.78 is 30.4. The van der Waals surface area contributed by atoms with E-state index in [1.54, 1.807) is 6.07 Å². The molecule has 132 valence electrons. The number of fused-ring (bicyclic) bond motifs is 1. The van der Waals surface area contributed by atoms with Crippen LogP contribution in [0.15, 0.2) is 40.8 Å². The highest BCUT2D eigenvalue weighted by Gasteiger charge is 2.15. The zero-order chi connectivity index (χ0) is 18.0. The summed E-state index contributed by atoms with van der Waals surface area (Å²) in [5.41, 5.74) is 0.914. The van der Waals surface area contributed by atoms with Gasteiger partial charge in [0.2, 0.25) is 15.9 Å². The molecule has 25 heavy (non-hydrogen) atoms. The van der Waals surface area contributed by atoms with Gasteiger partial charge in [-0.2, -0.15) is 4.31 Å². The number of furan rings is 1. The summed E-state index contributed by atoms with van der Waals surface area (Å²) in [5.74, 6) is 0.814. The van der Waals surface area contributed by atoms with Gasteiger partial charge in [-0.3, -0.25) is 4.79 Å². The standard InChI is InChI=1S/C16H17N3O4S2/c1-19(25(2,21)22)10-15(20)17-9-11-7-8-13(23-11)16-18-12-5-3-4-6-14(12)24-16/h3-8H,9-10H2,1-2H3,(H,17,20). The Bertz CT molecular complexity index is 974. The van der Waals surface area contributed by atoms with Crippen LogP contribution in [0.2, 0.25) is 0 Å². The van der Waals surface area contributed by atoms with Crippen molar-refractivity contribution in [2.24, 2.45) is 0 Å². The van der Waals surface area contributed by atoms with Crippen LogP contribution in [0.3, 0.4) is 0 Å². The summed E-state index contributed by atoms with van der Waals surface area (Å²) in [6.07, 6.45) is 1.05. The molecule has 0 bridgehead atoms. The number of carbonyl (C=O) groups is 1. The number of hydrogen-bond donors (Lipinski definition) is 1. The van der Waals surface area contributed by atoms with Gasteiger partial charge in [0.1, 0.15) is 5.76 Å². The van der Waals surface area contributed by atoms with Crippen LogP contribution in [-0.2, 0) is 21.4 Å². The van der Waals surface area contributed by atoms with Crippen LogP contribution in [0, 0.1) is 0 Å². The van der Waals surface area contributed by atoms with E-state index in [-0.39, 0.29) is 13.1 Å². The lowest BCUT2D eigenvalue weighted by atomic mass is 10.3. The van der Waals surface area contributed by atoms with E-state index >= 15 is 0 Å². The molecule has 0 saturated carbocycles. The van der Waals surface area contributed by atoms with Gasteiger partial charge in [-0.25, -0.2) is 13.4 Å². The largest absolute Gasteiger partial charge is 0.457 e. The lowest BCUT2D eigenvalue weighted by molar-refractivity contribution is -0.121. The fourth-order valence-electron chi connectivity index (χ4n) is 2.13. The minimum atomic E-state index is -3.38. The first kappa shape index (κ1) is 17.6. The van der Waals surface area contributed by atoms with E-state index in [0.29, 0.717) is 11.5 Å². The van der Waals surface area contributed by atoms with Gasteiger partial charge in [0.15, 0.2) is 10.8 Å². The molecule has 3 aromatic rings. The maximum Gasteiger partial charge on any atom is 0.235 e. The van der Waals surface area contributed by atoms with Gasteiger partial charge < -0.3 is 9.73 Å². The first-order valence-corrected chi connectivity index (χ1v) is 10.1. The fraction of sp³-hybridized carbons (Fsp3) is 0.250. The molecule has 0 aliphatic carbocycles. The molecule has 0 radical (unpaired) electrons. The van der Waals surface area contributed by atoms with Gasteiger partial charge >= 0.3 is 0 Å². The molecule has 0 saturated heterocycles. The van der Waals surface area contributed by atoms with E-state index < -0.39 is 15.9 Å². The Hall–Kier alpha value is -2.23. The van der Waals surface area contributed by atoms with Crippen molar-refractivity contribution in [2.75, 3.05) is 19.8 Å². The summed E-state index contributed by atoms with van der Waals surface area (Å²) in [4.78, 5) is 16.3. The zero-order valence-electron chi connectivity index (χ0n) is 13.7. The number of nitrogens with zero attached hydrogens (tertiary/aromatic N) is 2. The van der Waals surface area contributed by atoms with Crippen molar-refractivity contribution < 1.29 is 17.6 Å². The molecule has 9 heteroatoms. The Morgan fingerprint density at radius 2 is 2.04 bits per heavy atom. The fourth-order valence-corrected chi connectivity index (χ4v) is 3.41. The number of hydrogen-bond acceptors (Lipinski definition) is 6. The van der Waals surface area contributed by atoms with Crippen LogP contribution in [-0.4, -0.2) is 43.5 Å². The minimum Gasteiger partial charge on any atom is -0.457 e. The predicted molar refractivity (Wildman–Crippen MR) is 96.6 cm³/mol. The van der Waals surface area contributed by atoms with Crippen LogP contribution in [0.1, 0.15) is 5.76 Å². The Balaban J connectivity index is 1.63. The molecule has 2 aromatic heterocycles. The first-order valence-electron chi connectivity index (χ1n) is 7.45. The number of benzene rings is 1. The molecule has 1 aromatic carbocycles. The molecule has 0 unspecified atom stereocenters. The summed E-state index contributed by atoms with van der Waals surface area (Å²) in [7, 11) is -2.03. The van der Waals surface area contributed by atoms with E-state index in [9.17, 15) is 13.2 Å². The van der Waals surface area contributed by atoms with Gasteiger partial charge in [-0.05, 0) is 24.3 Å². The van der Waals surface area contributed by atoms with E-state index in [1.807, 2.05) is 30.3 Å². The molecule has 3 rings (SSSR count). The molecule has 0 aliphatic heterocycles. The van der Waals surface area contributed by atoms with Crippen molar-refractivity contribution in [3.05, 3.63) is 42.2 Å². The Morgan fingerprint density at radius 3 is 2.76 bits per heavy atom. The number of likely N-dealkylation sites (N-methyl/N-ethyl adjacent to an activating group) is 1. The number of sulfonamides is 1. The van der Waals surface area contributed by atoms with Gasteiger partial charge in [0.05, 0.1) is 29.6 Å². The average Bonchev–Trinajstić information content (AvgIpc) is 3.18. The van der Waals surface area contributed by atoms with Crippen LogP contribution in [0.5, 0.6) is 0 Å². The third-order valence-electron chi connectivity index (χ3n) is 3.56. The topological polar surface area (TPSA) is 92.5 Å². The van der Waals surface area contributed by atoms with Crippen LogP contribution in [0.4, 0.5) is 0 Å². The number of amides is 1. The minimum absolute atomic E-state index is 0.182. The van der Waals surface area contributed by atoms with Crippen LogP contribution in [0.25, 0.3) is 21.0 Å². The van der Waals surface area contributed by atoms with Crippen molar-refractivity contribution in [3.8, 4) is 10.8 Å². The second-order valence-corrected chi connectivity index (χ2v) is 8.67. The highest BCUT2D eigenvalue weighted by molar-refractivity contribution is 7.88. The van der Waals surface area contributed by atoms with E-state index in [0.717, 1.165) is 25.8 Å². The normalized spacial score (nSPS) is 12.0. The molecule has 0 aliphatic rings. The van der Waals surface area contributed by atoms with Crippen molar-refractivity contribution in [1.82, 2.24) is 14.6 Å². The van der Waals surface area contributed by atoms with Crippen molar-refractivity contribution in [2.45, 2.75) is 6.54 Å². The molecular weight excluding hydrogens is 362 g/mol. The number of rotatable bonds is 6. The number of nitrogens with one attached hydrogen (secondary N) is 1. The second-order valence-electron chi connectivity index (χ2n) is 5.55. The summed E-state index contributed by atoms with van der Waals surface area (Å²) >= 11 is 1.53. The highest BCUT2D eigenvalue weighted by atomic mass is 32.2. The van der Waals surface area contributed by atoms with Crippen LogP contribution < -0.4 is 5.32 Å². The monoisotopic (exact) mass is 379 g/mol. The molecule has 0 spiro atoms. The lowest BCUT2D eigenvalue weighted by Gasteiger charge is -2.13. The molecule has 1 N–H and O–H groups in total. The Kier molecular flexibility index (Phi) is 4.89. The SMILES string of the molecule is CN(CC(=O)NCc1ccc(-c2nc3ccccc3s2)o1)S(C)(=O)=O. The van der Waals surface area contributed by atoms with Gasteiger partial charge in [0, 0.05) is 7.05 Å².